The van der Waals surface area contributed by atoms with E-state index in [1.54, 1.807) is 12.1 Å². The minimum Gasteiger partial charge on any atom is -0.383 e. The maximum absolute atomic E-state index is 11.0. The molecule has 1 aliphatic carbocycles. The summed E-state index contributed by atoms with van der Waals surface area (Å²) >= 11 is 0. The number of nitrogen functional groups attached to an aromatic ring is 1. The molecule has 0 fully saturated rings. The van der Waals surface area contributed by atoms with Crippen LogP contribution in [0.15, 0.2) is 54.6 Å². The number of nitrogens with two attached hydrogens (primary N) is 1. The molecule has 0 saturated heterocycles. The Hall–Kier alpha value is -3.72. The van der Waals surface area contributed by atoms with E-state index >= 15 is 0 Å². The number of aromatic nitrogens is 1. The topological polar surface area (TPSA) is 106 Å². The van der Waals surface area contributed by atoms with Gasteiger partial charge in [-0.25, -0.2) is 4.98 Å². The fourth-order valence-electron chi connectivity index (χ4n) is 3.97. The third-order valence-electron chi connectivity index (χ3n) is 5.34. The molecule has 1 unspecified atom stereocenters. The first kappa shape index (κ1) is 17.7. The second kappa shape index (κ2) is 7.12. The SMILES string of the molecule is N#Cc1c(N)nc2c(c1-c1ccc([N+](=O)[O-])cc1)CC(c1ccccc1)CC2. The summed E-state index contributed by atoms with van der Waals surface area (Å²) in [5, 5.41) is 20.7. The van der Waals surface area contributed by atoms with Crippen LogP contribution in [-0.2, 0) is 12.8 Å². The van der Waals surface area contributed by atoms with Crippen molar-refractivity contribution in [2.24, 2.45) is 0 Å². The Morgan fingerprint density at radius 1 is 1.14 bits per heavy atom. The van der Waals surface area contributed by atoms with E-state index in [0.29, 0.717) is 11.5 Å². The molecule has 0 amide bonds. The Morgan fingerprint density at radius 2 is 1.86 bits per heavy atom. The van der Waals surface area contributed by atoms with Crippen molar-refractivity contribution in [3.8, 4) is 17.2 Å². The molecule has 0 saturated carbocycles. The summed E-state index contributed by atoms with van der Waals surface area (Å²) in [7, 11) is 0. The number of nitrogens with zero attached hydrogens (tertiary/aromatic N) is 3. The summed E-state index contributed by atoms with van der Waals surface area (Å²) < 4.78 is 0. The lowest BCUT2D eigenvalue weighted by atomic mass is 9.78. The summed E-state index contributed by atoms with van der Waals surface area (Å²) in [6.07, 6.45) is 2.51. The maximum atomic E-state index is 11.0. The molecule has 2 N–H and O–H groups in total. The molecular formula is C22H18N4O2. The van der Waals surface area contributed by atoms with Crippen LogP contribution in [0.2, 0.25) is 0 Å². The highest BCUT2D eigenvalue weighted by Crippen LogP contribution is 2.40. The van der Waals surface area contributed by atoms with Gasteiger partial charge in [-0.15, -0.1) is 0 Å². The number of benzene rings is 2. The molecule has 1 aromatic heterocycles. The average Bonchev–Trinajstić information content (AvgIpc) is 2.73. The van der Waals surface area contributed by atoms with E-state index in [9.17, 15) is 15.4 Å². The van der Waals surface area contributed by atoms with Crippen LogP contribution in [-0.4, -0.2) is 9.91 Å². The molecular weight excluding hydrogens is 352 g/mol. The third-order valence-corrected chi connectivity index (χ3v) is 5.34. The maximum Gasteiger partial charge on any atom is 0.269 e. The highest BCUT2D eigenvalue weighted by Gasteiger charge is 2.27. The fraction of sp³-hybridized carbons (Fsp3) is 0.182. The number of nitriles is 1. The number of nitro benzene ring substituents is 1. The lowest BCUT2D eigenvalue weighted by Gasteiger charge is -2.27. The predicted octanol–water partition coefficient (Wildman–Crippen LogP) is 4.38. The van der Waals surface area contributed by atoms with Crippen LogP contribution in [0.25, 0.3) is 11.1 Å². The molecule has 3 aromatic rings. The largest absolute Gasteiger partial charge is 0.383 e. The minimum atomic E-state index is -0.434. The number of rotatable bonds is 3. The van der Waals surface area contributed by atoms with Gasteiger partial charge < -0.3 is 5.73 Å². The average molecular weight is 370 g/mol. The van der Waals surface area contributed by atoms with Crippen molar-refractivity contribution in [3.05, 3.63) is 87.1 Å². The van der Waals surface area contributed by atoms with Crippen LogP contribution >= 0.6 is 0 Å². The van der Waals surface area contributed by atoms with Crippen molar-refractivity contribution < 1.29 is 4.92 Å². The van der Waals surface area contributed by atoms with Gasteiger partial charge in [0.15, 0.2) is 0 Å². The van der Waals surface area contributed by atoms with Crippen LogP contribution in [0.3, 0.4) is 0 Å². The van der Waals surface area contributed by atoms with E-state index in [1.807, 2.05) is 18.2 Å². The number of pyridine rings is 1. The van der Waals surface area contributed by atoms with Gasteiger partial charge in [0.1, 0.15) is 17.5 Å². The van der Waals surface area contributed by atoms with E-state index in [2.05, 4.69) is 23.2 Å². The molecule has 4 rings (SSSR count). The van der Waals surface area contributed by atoms with Crippen molar-refractivity contribution in [3.63, 3.8) is 0 Å². The van der Waals surface area contributed by atoms with Crippen LogP contribution in [0.4, 0.5) is 11.5 Å². The van der Waals surface area contributed by atoms with E-state index in [-0.39, 0.29) is 11.5 Å². The van der Waals surface area contributed by atoms with Gasteiger partial charge in [0.05, 0.1) is 4.92 Å². The van der Waals surface area contributed by atoms with Gasteiger partial charge in [0, 0.05) is 23.4 Å². The molecule has 28 heavy (non-hydrogen) atoms. The van der Waals surface area contributed by atoms with Crippen molar-refractivity contribution >= 4 is 11.5 Å². The Balaban J connectivity index is 1.85. The molecule has 0 radical (unpaired) electrons. The van der Waals surface area contributed by atoms with Gasteiger partial charge >= 0.3 is 0 Å². The normalized spacial score (nSPS) is 15.5. The molecule has 1 heterocycles. The van der Waals surface area contributed by atoms with Crippen LogP contribution in [0.1, 0.15) is 34.7 Å². The van der Waals surface area contributed by atoms with E-state index in [1.165, 1.54) is 17.7 Å². The quantitative estimate of drug-likeness (QED) is 0.544. The van der Waals surface area contributed by atoms with Gasteiger partial charge in [-0.1, -0.05) is 30.3 Å². The Bertz CT molecular complexity index is 1090. The van der Waals surface area contributed by atoms with Crippen LogP contribution < -0.4 is 5.73 Å². The summed E-state index contributed by atoms with van der Waals surface area (Å²) in [5.74, 6) is 0.551. The first-order valence-electron chi connectivity index (χ1n) is 9.09. The fourth-order valence-corrected chi connectivity index (χ4v) is 3.97. The van der Waals surface area contributed by atoms with Gasteiger partial charge in [0.2, 0.25) is 0 Å². The smallest absolute Gasteiger partial charge is 0.269 e. The number of hydrogen-bond acceptors (Lipinski definition) is 5. The van der Waals surface area contributed by atoms with Crippen molar-refractivity contribution in [1.29, 1.82) is 5.26 Å². The molecule has 2 aromatic carbocycles. The molecule has 0 aliphatic heterocycles. The van der Waals surface area contributed by atoms with E-state index in [4.69, 9.17) is 5.73 Å². The summed E-state index contributed by atoms with van der Waals surface area (Å²) in [6, 6.07) is 18.8. The van der Waals surface area contributed by atoms with Gasteiger partial charge in [-0.3, -0.25) is 10.1 Å². The number of fused-ring (bicyclic) bond motifs is 1. The molecule has 1 atom stereocenters. The number of anilines is 1. The minimum absolute atomic E-state index is 0.0142. The number of nitro groups is 1. The van der Waals surface area contributed by atoms with E-state index in [0.717, 1.165) is 41.6 Å². The Morgan fingerprint density at radius 3 is 2.50 bits per heavy atom. The molecule has 138 valence electrons. The first-order valence-corrected chi connectivity index (χ1v) is 9.09. The van der Waals surface area contributed by atoms with Gasteiger partial charge in [-0.05, 0) is 54.0 Å². The Labute approximate surface area is 162 Å². The second-order valence-corrected chi connectivity index (χ2v) is 6.94. The molecule has 0 spiro atoms. The van der Waals surface area contributed by atoms with Crippen molar-refractivity contribution in [2.75, 3.05) is 5.73 Å². The standard InChI is InChI=1S/C22H18N4O2/c23-13-19-21(15-6-9-17(10-7-15)26(27)28)18-12-16(14-4-2-1-3-5-14)8-11-20(18)25-22(19)24/h1-7,9-10,16H,8,11-12H2,(H2,24,25). The lowest BCUT2D eigenvalue weighted by Crippen LogP contribution is -2.17. The predicted molar refractivity (Wildman–Crippen MR) is 107 cm³/mol. The number of non-ortho nitro benzene ring substituents is 1. The second-order valence-electron chi connectivity index (χ2n) is 6.94. The van der Waals surface area contributed by atoms with Gasteiger partial charge in [-0.2, -0.15) is 5.26 Å². The van der Waals surface area contributed by atoms with Crippen molar-refractivity contribution in [2.45, 2.75) is 25.2 Å². The number of hydrogen-bond donors (Lipinski definition) is 1. The Kier molecular flexibility index (Phi) is 4.50. The first-order chi connectivity index (χ1) is 13.6. The zero-order valence-corrected chi connectivity index (χ0v) is 15.1. The van der Waals surface area contributed by atoms with E-state index < -0.39 is 4.92 Å². The highest BCUT2D eigenvalue weighted by molar-refractivity contribution is 5.80. The lowest BCUT2D eigenvalue weighted by molar-refractivity contribution is -0.384. The van der Waals surface area contributed by atoms with Crippen LogP contribution in [0.5, 0.6) is 0 Å². The molecule has 0 bridgehead atoms. The molecule has 1 aliphatic rings. The van der Waals surface area contributed by atoms with Crippen LogP contribution in [0, 0.1) is 21.4 Å². The number of aryl methyl sites for hydroxylation is 1. The third kappa shape index (κ3) is 3.08. The van der Waals surface area contributed by atoms with Crippen molar-refractivity contribution in [1.82, 2.24) is 4.98 Å². The zero-order chi connectivity index (χ0) is 19.7. The molecule has 6 nitrogen and oxygen atoms in total. The summed E-state index contributed by atoms with van der Waals surface area (Å²) in [4.78, 5) is 15.0. The summed E-state index contributed by atoms with van der Waals surface area (Å²) in [5.41, 5.74) is 11.1. The molecule has 6 heteroatoms. The monoisotopic (exact) mass is 370 g/mol. The highest BCUT2D eigenvalue weighted by atomic mass is 16.6. The zero-order valence-electron chi connectivity index (χ0n) is 15.1. The van der Waals surface area contributed by atoms with Gasteiger partial charge in [0.25, 0.3) is 5.69 Å². The summed E-state index contributed by atoms with van der Waals surface area (Å²) in [6.45, 7) is 0.